The van der Waals surface area contributed by atoms with Gasteiger partial charge in [0.05, 0.1) is 6.04 Å². The lowest BCUT2D eigenvalue weighted by atomic mass is 10.0. The second-order valence-corrected chi connectivity index (χ2v) is 6.21. The minimum atomic E-state index is 0.219. The van der Waals surface area contributed by atoms with E-state index >= 15 is 0 Å². The second kappa shape index (κ2) is 5.82. The molecule has 2 heterocycles. The molecule has 3 rings (SSSR count). The zero-order valence-corrected chi connectivity index (χ0v) is 12.8. The van der Waals surface area contributed by atoms with E-state index in [1.807, 2.05) is 0 Å². The number of hydrogen-bond donors (Lipinski definition) is 1. The van der Waals surface area contributed by atoms with Gasteiger partial charge in [-0.1, -0.05) is 19.0 Å². The van der Waals surface area contributed by atoms with Crippen molar-refractivity contribution in [1.82, 2.24) is 20.4 Å². The van der Waals surface area contributed by atoms with Crippen molar-refractivity contribution in [3.8, 4) is 0 Å². The van der Waals surface area contributed by atoms with Gasteiger partial charge in [-0.05, 0) is 32.6 Å². The molecular formula is C15H26N4O. The molecule has 1 saturated carbocycles. The van der Waals surface area contributed by atoms with Gasteiger partial charge in [-0.15, -0.1) is 0 Å². The molecule has 5 nitrogen and oxygen atoms in total. The first-order chi connectivity index (χ1) is 9.72. The maximum Gasteiger partial charge on any atom is 0.243 e. The highest BCUT2D eigenvalue weighted by molar-refractivity contribution is 5.05. The largest absolute Gasteiger partial charge is 0.338 e. The Balaban J connectivity index is 1.73. The van der Waals surface area contributed by atoms with Crippen molar-refractivity contribution in [2.24, 2.45) is 0 Å². The zero-order valence-electron chi connectivity index (χ0n) is 12.8. The number of hydrogen-bond acceptors (Lipinski definition) is 5. The second-order valence-electron chi connectivity index (χ2n) is 6.21. The Bertz CT molecular complexity index is 443. The van der Waals surface area contributed by atoms with E-state index in [1.54, 1.807) is 0 Å². The van der Waals surface area contributed by atoms with Gasteiger partial charge in [0.2, 0.25) is 5.89 Å². The average molecular weight is 278 g/mol. The van der Waals surface area contributed by atoms with Crippen LogP contribution in [-0.4, -0.2) is 40.2 Å². The van der Waals surface area contributed by atoms with Crippen LogP contribution in [0.2, 0.25) is 0 Å². The lowest BCUT2D eigenvalue weighted by Crippen LogP contribution is -2.56. The van der Waals surface area contributed by atoms with Crippen LogP contribution in [-0.2, 0) is 0 Å². The quantitative estimate of drug-likeness (QED) is 0.896. The van der Waals surface area contributed by atoms with Gasteiger partial charge >= 0.3 is 0 Å². The van der Waals surface area contributed by atoms with Crippen LogP contribution >= 0.6 is 0 Å². The number of piperazine rings is 1. The van der Waals surface area contributed by atoms with E-state index in [2.05, 4.69) is 41.1 Å². The summed E-state index contributed by atoms with van der Waals surface area (Å²) in [6, 6.07) is 1.35. The molecule has 0 amide bonds. The summed E-state index contributed by atoms with van der Waals surface area (Å²) in [5.74, 6) is 2.28. The van der Waals surface area contributed by atoms with E-state index in [1.165, 1.54) is 12.8 Å². The van der Waals surface area contributed by atoms with Crippen molar-refractivity contribution in [2.75, 3.05) is 13.1 Å². The van der Waals surface area contributed by atoms with E-state index in [4.69, 9.17) is 4.52 Å². The van der Waals surface area contributed by atoms with Crippen LogP contribution < -0.4 is 5.32 Å². The van der Waals surface area contributed by atoms with Crippen LogP contribution in [0.4, 0.5) is 0 Å². The monoisotopic (exact) mass is 278 g/mol. The minimum Gasteiger partial charge on any atom is -0.338 e. The molecule has 0 spiro atoms. The number of nitrogens with one attached hydrogen (secondary N) is 1. The summed E-state index contributed by atoms with van der Waals surface area (Å²) >= 11 is 0. The first-order valence-corrected chi connectivity index (χ1v) is 8.05. The van der Waals surface area contributed by atoms with E-state index < -0.39 is 0 Å². The van der Waals surface area contributed by atoms with Gasteiger partial charge in [0, 0.05) is 31.1 Å². The van der Waals surface area contributed by atoms with Crippen LogP contribution in [0.1, 0.15) is 70.1 Å². The molecule has 1 aromatic heterocycles. The van der Waals surface area contributed by atoms with Crippen LogP contribution in [0.5, 0.6) is 0 Å². The molecule has 0 aromatic carbocycles. The van der Waals surface area contributed by atoms with Crippen molar-refractivity contribution in [2.45, 2.75) is 70.5 Å². The maximum atomic E-state index is 5.52. The van der Waals surface area contributed by atoms with E-state index in [0.29, 0.717) is 18.0 Å². The highest BCUT2D eigenvalue weighted by atomic mass is 16.5. The van der Waals surface area contributed by atoms with E-state index in [0.717, 1.165) is 37.6 Å². The maximum absolute atomic E-state index is 5.52. The van der Waals surface area contributed by atoms with Gasteiger partial charge < -0.3 is 9.84 Å². The molecule has 5 heteroatoms. The standard InChI is InChI=1S/C15H26N4O/c1-4-12-9-19(13(5-2)8-16-12)10(3)15-17-14(18-20-15)11-6-7-11/h10-13,16H,4-9H2,1-3H3/t10?,12-,13+/m0/s1. The van der Waals surface area contributed by atoms with E-state index in [9.17, 15) is 0 Å². The summed E-state index contributed by atoms with van der Waals surface area (Å²) in [4.78, 5) is 7.16. The Kier molecular flexibility index (Phi) is 4.08. The Morgan fingerprint density at radius 3 is 2.80 bits per heavy atom. The molecule has 1 saturated heterocycles. The Morgan fingerprint density at radius 1 is 1.35 bits per heavy atom. The van der Waals surface area contributed by atoms with Gasteiger partial charge in [0.1, 0.15) is 0 Å². The minimum absolute atomic E-state index is 0.219. The summed E-state index contributed by atoms with van der Waals surface area (Å²) in [5, 5.41) is 7.79. The lowest BCUT2D eigenvalue weighted by Gasteiger charge is -2.42. The zero-order chi connectivity index (χ0) is 14.1. The van der Waals surface area contributed by atoms with Gasteiger partial charge in [-0.25, -0.2) is 0 Å². The molecule has 3 atom stereocenters. The normalized spacial score (nSPS) is 29.6. The highest BCUT2D eigenvalue weighted by Crippen LogP contribution is 2.38. The van der Waals surface area contributed by atoms with Crippen molar-refractivity contribution < 1.29 is 4.52 Å². The summed E-state index contributed by atoms with van der Waals surface area (Å²) < 4.78 is 5.52. The Morgan fingerprint density at radius 2 is 2.15 bits per heavy atom. The molecule has 1 aromatic rings. The summed E-state index contributed by atoms with van der Waals surface area (Å²) in [5.41, 5.74) is 0. The molecule has 2 aliphatic rings. The van der Waals surface area contributed by atoms with Crippen molar-refractivity contribution >= 4 is 0 Å². The molecule has 20 heavy (non-hydrogen) atoms. The van der Waals surface area contributed by atoms with Gasteiger partial charge in [-0.2, -0.15) is 4.98 Å². The number of rotatable bonds is 5. The SMILES string of the molecule is CC[C@H]1CN(C(C)c2nc(C3CC3)no2)[C@H](CC)CN1. The molecular weight excluding hydrogens is 252 g/mol. The van der Waals surface area contributed by atoms with Gasteiger partial charge in [0.15, 0.2) is 5.82 Å². The van der Waals surface area contributed by atoms with Gasteiger partial charge in [0.25, 0.3) is 0 Å². The fourth-order valence-electron chi connectivity index (χ4n) is 3.08. The molecule has 1 N–H and O–H groups in total. The van der Waals surface area contributed by atoms with Gasteiger partial charge in [-0.3, -0.25) is 4.90 Å². The topological polar surface area (TPSA) is 54.2 Å². The average Bonchev–Trinajstić information content (AvgIpc) is 3.23. The smallest absolute Gasteiger partial charge is 0.243 e. The molecule has 2 fully saturated rings. The van der Waals surface area contributed by atoms with E-state index in [-0.39, 0.29) is 6.04 Å². The first-order valence-electron chi connectivity index (χ1n) is 8.05. The molecule has 112 valence electrons. The Hall–Kier alpha value is -0.940. The van der Waals surface area contributed by atoms with Crippen molar-refractivity contribution in [1.29, 1.82) is 0 Å². The van der Waals surface area contributed by atoms with Crippen molar-refractivity contribution in [3.63, 3.8) is 0 Å². The van der Waals surface area contributed by atoms with Crippen LogP contribution in [0, 0.1) is 0 Å². The fourth-order valence-corrected chi connectivity index (χ4v) is 3.08. The molecule has 1 unspecified atom stereocenters. The number of aromatic nitrogens is 2. The van der Waals surface area contributed by atoms with Crippen LogP contribution in [0.15, 0.2) is 4.52 Å². The van der Waals surface area contributed by atoms with Crippen LogP contribution in [0.3, 0.4) is 0 Å². The number of nitrogens with zero attached hydrogens (tertiary/aromatic N) is 3. The third kappa shape index (κ3) is 2.74. The predicted molar refractivity (Wildman–Crippen MR) is 77.6 cm³/mol. The molecule has 1 aliphatic heterocycles. The highest BCUT2D eigenvalue weighted by Gasteiger charge is 2.34. The predicted octanol–water partition coefficient (Wildman–Crippen LogP) is 2.47. The lowest BCUT2D eigenvalue weighted by molar-refractivity contribution is 0.0692. The fraction of sp³-hybridized carbons (Fsp3) is 0.867. The summed E-state index contributed by atoms with van der Waals surface area (Å²) in [6.45, 7) is 8.82. The third-order valence-corrected chi connectivity index (χ3v) is 4.76. The third-order valence-electron chi connectivity index (χ3n) is 4.76. The summed E-state index contributed by atoms with van der Waals surface area (Å²) in [6.07, 6.45) is 4.75. The molecule has 0 radical (unpaired) electrons. The van der Waals surface area contributed by atoms with Crippen molar-refractivity contribution in [3.05, 3.63) is 11.7 Å². The molecule has 0 bridgehead atoms. The molecule has 1 aliphatic carbocycles. The Labute approximate surface area is 121 Å². The summed E-state index contributed by atoms with van der Waals surface area (Å²) in [7, 11) is 0. The van der Waals surface area contributed by atoms with Crippen LogP contribution in [0.25, 0.3) is 0 Å². The first kappa shape index (κ1) is 14.0.